The Kier molecular flexibility index (Phi) is 7.01. The van der Waals surface area contributed by atoms with Crippen LogP contribution in [0.2, 0.25) is 0 Å². The van der Waals surface area contributed by atoms with Gasteiger partial charge in [-0.2, -0.15) is 8.78 Å². The number of thiazole rings is 1. The Morgan fingerprint density at radius 3 is 2.62 bits per heavy atom. The third kappa shape index (κ3) is 5.18. The van der Waals surface area contributed by atoms with Crippen LogP contribution in [0.5, 0.6) is 5.75 Å². The smallest absolute Gasteiger partial charge is 0.387 e. The largest absolute Gasteiger partial charge is 0.478 e. The lowest BCUT2D eigenvalue weighted by molar-refractivity contribution is -0.0641. The molecule has 0 saturated heterocycles. The van der Waals surface area contributed by atoms with Gasteiger partial charge >= 0.3 is 12.6 Å². The topological polar surface area (TPSA) is 115 Å². The summed E-state index contributed by atoms with van der Waals surface area (Å²) >= 11 is 1.15. The highest BCUT2D eigenvalue weighted by Gasteiger charge is 2.39. The lowest BCUT2D eigenvalue weighted by Crippen LogP contribution is -2.34. The van der Waals surface area contributed by atoms with Gasteiger partial charge in [-0.05, 0) is 56.7 Å². The van der Waals surface area contributed by atoms with Crippen molar-refractivity contribution in [1.29, 1.82) is 0 Å². The molecule has 0 bridgehead atoms. The summed E-state index contributed by atoms with van der Waals surface area (Å²) in [7, 11) is 0. The summed E-state index contributed by atoms with van der Waals surface area (Å²) < 4.78 is 57.2. The molecule has 12 heteroatoms. The van der Waals surface area contributed by atoms with Gasteiger partial charge in [0.1, 0.15) is 33.6 Å². The first-order valence-corrected chi connectivity index (χ1v) is 13.7. The molecule has 40 heavy (non-hydrogen) atoms. The van der Waals surface area contributed by atoms with Crippen LogP contribution in [0.15, 0.2) is 40.9 Å². The second kappa shape index (κ2) is 10.5. The Labute approximate surface area is 230 Å². The molecule has 2 aromatic heterocycles. The summed E-state index contributed by atoms with van der Waals surface area (Å²) in [6.07, 6.45) is 3.46. The van der Waals surface area contributed by atoms with Crippen LogP contribution < -0.4 is 4.74 Å². The third-order valence-corrected chi connectivity index (χ3v) is 8.67. The van der Waals surface area contributed by atoms with E-state index in [1.54, 1.807) is 18.2 Å². The van der Waals surface area contributed by atoms with Crippen LogP contribution in [-0.2, 0) is 16.9 Å². The summed E-state index contributed by atoms with van der Waals surface area (Å²) in [4.78, 5) is 15.7. The van der Waals surface area contributed by atoms with E-state index in [4.69, 9.17) is 14.0 Å². The number of aliphatic hydroxyl groups is 1. The van der Waals surface area contributed by atoms with Crippen LogP contribution >= 0.6 is 11.3 Å². The number of nitrogens with zero attached hydrogens (tertiary/aromatic N) is 2. The molecule has 6 rings (SSSR count). The number of carboxylic acids is 1. The Morgan fingerprint density at radius 2 is 1.93 bits per heavy atom. The highest BCUT2D eigenvalue weighted by Crippen LogP contribution is 2.46. The van der Waals surface area contributed by atoms with Gasteiger partial charge in [-0.3, -0.25) is 0 Å². The van der Waals surface area contributed by atoms with E-state index >= 15 is 0 Å². The van der Waals surface area contributed by atoms with Crippen LogP contribution in [0, 0.1) is 5.82 Å². The van der Waals surface area contributed by atoms with Crippen molar-refractivity contribution in [2.75, 3.05) is 0 Å². The van der Waals surface area contributed by atoms with Crippen LogP contribution in [-0.4, -0.2) is 39.0 Å². The number of aromatic nitrogens is 2. The first-order chi connectivity index (χ1) is 19.2. The molecule has 0 radical (unpaired) electrons. The molecule has 8 nitrogen and oxygen atoms in total. The number of fused-ring (bicyclic) bond motifs is 1. The van der Waals surface area contributed by atoms with Gasteiger partial charge in [0.25, 0.3) is 0 Å². The second-order valence-corrected chi connectivity index (χ2v) is 11.2. The van der Waals surface area contributed by atoms with Gasteiger partial charge in [0, 0.05) is 23.1 Å². The number of hydrogen-bond donors (Lipinski definition) is 2. The third-order valence-electron chi connectivity index (χ3n) is 7.45. The monoisotopic (exact) mass is 574 g/mol. The molecule has 2 aliphatic carbocycles. The Morgan fingerprint density at radius 1 is 1.18 bits per heavy atom. The molecule has 2 heterocycles. The molecule has 210 valence electrons. The Balaban J connectivity index is 1.17. The van der Waals surface area contributed by atoms with E-state index in [1.807, 2.05) is 0 Å². The van der Waals surface area contributed by atoms with E-state index in [2.05, 4.69) is 10.1 Å². The highest BCUT2D eigenvalue weighted by molar-refractivity contribution is 7.18. The van der Waals surface area contributed by atoms with Crippen LogP contribution in [0.1, 0.15) is 71.1 Å². The molecule has 0 spiro atoms. The second-order valence-electron chi connectivity index (χ2n) is 10.2. The van der Waals surface area contributed by atoms with Crippen molar-refractivity contribution in [3.8, 4) is 17.0 Å². The molecular formula is C28H25F3N2O6S. The maximum atomic E-state index is 14.1. The SMILES string of the molecule is O=C(O)c1cc2sc([C@]3(O)CC[C@@H](OCc4c(-c5ccccc5OC(F)F)noc4C4CC4)CC3)nc2cc1F. The first kappa shape index (κ1) is 26.7. The van der Waals surface area contributed by atoms with Gasteiger partial charge in [0.2, 0.25) is 0 Å². The van der Waals surface area contributed by atoms with E-state index in [-0.39, 0.29) is 24.4 Å². The lowest BCUT2D eigenvalue weighted by atomic mass is 9.83. The normalized spacial score (nSPS) is 21.3. The quantitative estimate of drug-likeness (QED) is 0.229. The average Bonchev–Trinajstić information content (AvgIpc) is 3.54. The van der Waals surface area contributed by atoms with Gasteiger partial charge < -0.3 is 24.2 Å². The zero-order valence-electron chi connectivity index (χ0n) is 21.1. The molecule has 0 amide bonds. The molecule has 2 aliphatic rings. The molecule has 0 atom stereocenters. The van der Waals surface area contributed by atoms with Crippen LogP contribution in [0.3, 0.4) is 0 Å². The van der Waals surface area contributed by atoms with Crippen molar-refractivity contribution in [3.63, 3.8) is 0 Å². The van der Waals surface area contributed by atoms with Crippen molar-refractivity contribution in [3.05, 3.63) is 64.1 Å². The summed E-state index contributed by atoms with van der Waals surface area (Å²) in [5, 5.41) is 25.2. The number of ether oxygens (including phenoxy) is 2. The highest BCUT2D eigenvalue weighted by atomic mass is 32.1. The van der Waals surface area contributed by atoms with Gasteiger partial charge in [0.15, 0.2) is 0 Å². The van der Waals surface area contributed by atoms with Gasteiger partial charge in [0.05, 0.1) is 28.5 Å². The maximum Gasteiger partial charge on any atom is 0.387 e. The fourth-order valence-corrected chi connectivity index (χ4v) is 6.29. The van der Waals surface area contributed by atoms with E-state index in [0.29, 0.717) is 63.5 Å². The summed E-state index contributed by atoms with van der Waals surface area (Å²) in [5.74, 6) is -1.33. The van der Waals surface area contributed by atoms with Gasteiger partial charge in [-0.15, -0.1) is 11.3 Å². The van der Waals surface area contributed by atoms with Crippen molar-refractivity contribution in [2.45, 2.75) is 69.4 Å². The number of carbonyl (C=O) groups is 1. The van der Waals surface area contributed by atoms with Gasteiger partial charge in [-0.25, -0.2) is 14.2 Å². The van der Waals surface area contributed by atoms with E-state index in [1.165, 1.54) is 12.1 Å². The van der Waals surface area contributed by atoms with Crippen molar-refractivity contribution < 1.29 is 42.2 Å². The molecule has 4 aromatic rings. The average molecular weight is 575 g/mol. The van der Waals surface area contributed by atoms with E-state index < -0.39 is 29.6 Å². The Hall–Kier alpha value is -3.48. The molecule has 2 fully saturated rings. The summed E-state index contributed by atoms with van der Waals surface area (Å²) in [6.45, 7) is -2.82. The summed E-state index contributed by atoms with van der Waals surface area (Å²) in [5.41, 5.74) is 0.139. The van der Waals surface area contributed by atoms with E-state index in [0.717, 1.165) is 30.2 Å². The van der Waals surface area contributed by atoms with Gasteiger partial charge in [-0.1, -0.05) is 17.3 Å². The fraction of sp³-hybridized carbons (Fsp3) is 0.393. The number of para-hydroxylation sites is 1. The standard InChI is InChI=1S/C28H25F3N2O6S/c29-19-12-20-22(11-17(19)25(34)35)40-26(32-20)28(36)9-7-15(8-10-28)37-13-18-23(33-39-24(18)14-5-6-14)16-3-1-2-4-21(16)38-27(30)31/h1-4,11-12,14-15,27,36H,5-10,13H2,(H,34,35)/t15-,28+. The molecule has 0 unspecified atom stereocenters. The molecule has 0 aliphatic heterocycles. The number of benzene rings is 2. The molecule has 2 aromatic carbocycles. The zero-order chi connectivity index (χ0) is 28.0. The van der Waals surface area contributed by atoms with Crippen molar-refractivity contribution >= 4 is 27.5 Å². The number of halogens is 3. The summed E-state index contributed by atoms with van der Waals surface area (Å²) in [6, 6.07) is 8.75. The Bertz CT molecular complexity index is 1560. The predicted molar refractivity (Wildman–Crippen MR) is 138 cm³/mol. The number of alkyl halides is 2. The van der Waals surface area contributed by atoms with E-state index in [9.17, 15) is 28.2 Å². The predicted octanol–water partition coefficient (Wildman–Crippen LogP) is 6.61. The molecule has 2 N–H and O–H groups in total. The van der Waals surface area contributed by atoms with Crippen LogP contribution in [0.25, 0.3) is 21.5 Å². The number of hydrogen-bond acceptors (Lipinski definition) is 8. The van der Waals surface area contributed by atoms with Crippen molar-refractivity contribution in [1.82, 2.24) is 10.1 Å². The maximum absolute atomic E-state index is 14.1. The fourth-order valence-electron chi connectivity index (χ4n) is 5.16. The molecule has 2 saturated carbocycles. The lowest BCUT2D eigenvalue weighted by Gasteiger charge is -2.34. The minimum absolute atomic E-state index is 0.00307. The zero-order valence-corrected chi connectivity index (χ0v) is 21.9. The molecular weight excluding hydrogens is 549 g/mol. The van der Waals surface area contributed by atoms with Crippen LogP contribution in [0.4, 0.5) is 13.2 Å². The minimum Gasteiger partial charge on any atom is -0.478 e. The minimum atomic E-state index is -2.98. The number of carboxylic acid groups (broad SMARTS) is 1. The number of rotatable bonds is 9. The number of aromatic carboxylic acids is 1. The van der Waals surface area contributed by atoms with Crippen molar-refractivity contribution in [2.24, 2.45) is 0 Å². The first-order valence-electron chi connectivity index (χ1n) is 12.9.